The van der Waals surface area contributed by atoms with Crippen LogP contribution in [0.3, 0.4) is 0 Å². The lowest BCUT2D eigenvalue weighted by molar-refractivity contribution is 0.436. The van der Waals surface area contributed by atoms with E-state index < -0.39 is 0 Å². The SMILES string of the molecule is Cc1ccc(-c2c(N)noc2-c2cccc(Cl)c2Cl)cc1. The van der Waals surface area contributed by atoms with Crippen molar-refractivity contribution >= 4 is 29.0 Å². The normalized spacial score (nSPS) is 10.8. The molecule has 0 aliphatic carbocycles. The van der Waals surface area contributed by atoms with Crippen molar-refractivity contribution in [1.29, 1.82) is 0 Å². The molecule has 3 rings (SSSR count). The second kappa shape index (κ2) is 5.43. The molecule has 0 saturated carbocycles. The fraction of sp³-hybridized carbons (Fsp3) is 0.0625. The van der Waals surface area contributed by atoms with Gasteiger partial charge < -0.3 is 10.3 Å². The van der Waals surface area contributed by atoms with Crippen molar-refractivity contribution in [2.45, 2.75) is 6.92 Å². The zero-order valence-electron chi connectivity index (χ0n) is 11.2. The molecule has 0 saturated heterocycles. The Morgan fingerprint density at radius 2 is 1.76 bits per heavy atom. The van der Waals surface area contributed by atoms with Crippen molar-refractivity contribution in [3.05, 3.63) is 58.1 Å². The Morgan fingerprint density at radius 3 is 2.48 bits per heavy atom. The molecule has 0 fully saturated rings. The van der Waals surface area contributed by atoms with Gasteiger partial charge in [-0.25, -0.2) is 0 Å². The van der Waals surface area contributed by atoms with Gasteiger partial charge >= 0.3 is 0 Å². The summed E-state index contributed by atoms with van der Waals surface area (Å²) < 4.78 is 5.38. The number of hydrogen-bond donors (Lipinski definition) is 1. The van der Waals surface area contributed by atoms with Crippen LogP contribution < -0.4 is 5.73 Å². The first-order valence-electron chi connectivity index (χ1n) is 6.34. The average molecular weight is 319 g/mol. The number of nitrogen functional groups attached to an aromatic ring is 1. The molecule has 3 nitrogen and oxygen atoms in total. The highest BCUT2D eigenvalue weighted by Crippen LogP contribution is 2.41. The number of aromatic nitrogens is 1. The van der Waals surface area contributed by atoms with Gasteiger partial charge in [0.05, 0.1) is 15.6 Å². The van der Waals surface area contributed by atoms with Crippen molar-refractivity contribution in [2.75, 3.05) is 5.73 Å². The Balaban J connectivity index is 2.22. The predicted octanol–water partition coefficient (Wildman–Crippen LogP) is 5.21. The Morgan fingerprint density at radius 1 is 1.05 bits per heavy atom. The molecule has 0 spiro atoms. The van der Waals surface area contributed by atoms with E-state index in [0.717, 1.165) is 16.7 Å². The lowest BCUT2D eigenvalue weighted by atomic mass is 10.0. The lowest BCUT2D eigenvalue weighted by Gasteiger charge is -2.06. The number of hydrogen-bond acceptors (Lipinski definition) is 3. The average Bonchev–Trinajstić information content (AvgIpc) is 2.85. The summed E-state index contributed by atoms with van der Waals surface area (Å²) in [6.45, 7) is 2.02. The third-order valence-electron chi connectivity index (χ3n) is 3.25. The van der Waals surface area contributed by atoms with E-state index >= 15 is 0 Å². The van der Waals surface area contributed by atoms with Crippen molar-refractivity contribution < 1.29 is 4.52 Å². The van der Waals surface area contributed by atoms with Gasteiger partial charge in [0.1, 0.15) is 0 Å². The van der Waals surface area contributed by atoms with Crippen LogP contribution in [0.15, 0.2) is 47.0 Å². The molecule has 5 heteroatoms. The van der Waals surface area contributed by atoms with Gasteiger partial charge in [-0.1, -0.05) is 64.3 Å². The third kappa shape index (κ3) is 2.50. The van der Waals surface area contributed by atoms with Crippen molar-refractivity contribution in [3.8, 4) is 22.5 Å². The fourth-order valence-corrected chi connectivity index (χ4v) is 2.55. The topological polar surface area (TPSA) is 52.0 Å². The Bertz CT molecular complexity index is 795. The fourth-order valence-electron chi connectivity index (χ4n) is 2.16. The third-order valence-corrected chi connectivity index (χ3v) is 4.07. The summed E-state index contributed by atoms with van der Waals surface area (Å²) in [5.41, 5.74) is 9.43. The van der Waals surface area contributed by atoms with Crippen molar-refractivity contribution in [3.63, 3.8) is 0 Å². The summed E-state index contributed by atoms with van der Waals surface area (Å²) in [7, 11) is 0. The van der Waals surface area contributed by atoms with E-state index in [9.17, 15) is 0 Å². The van der Waals surface area contributed by atoms with Crippen LogP contribution in [0, 0.1) is 6.92 Å². The molecule has 0 radical (unpaired) electrons. The van der Waals surface area contributed by atoms with Gasteiger partial charge in [0.2, 0.25) is 0 Å². The van der Waals surface area contributed by atoms with E-state index in [0.29, 0.717) is 27.2 Å². The van der Waals surface area contributed by atoms with Crippen LogP contribution in [-0.2, 0) is 0 Å². The summed E-state index contributed by atoms with van der Waals surface area (Å²) in [6.07, 6.45) is 0. The molecule has 2 aromatic carbocycles. The minimum Gasteiger partial charge on any atom is -0.380 e. The largest absolute Gasteiger partial charge is 0.380 e. The van der Waals surface area contributed by atoms with Crippen LogP contribution >= 0.6 is 23.2 Å². The molecule has 0 amide bonds. The number of aryl methyl sites for hydroxylation is 1. The summed E-state index contributed by atoms with van der Waals surface area (Å²) in [4.78, 5) is 0. The molecule has 0 bridgehead atoms. The van der Waals surface area contributed by atoms with Crippen LogP contribution in [0.5, 0.6) is 0 Å². The second-order valence-corrected chi connectivity index (χ2v) is 5.52. The second-order valence-electron chi connectivity index (χ2n) is 4.74. The number of nitrogens with zero attached hydrogens (tertiary/aromatic N) is 1. The maximum absolute atomic E-state index is 6.26. The highest BCUT2D eigenvalue weighted by Gasteiger charge is 2.20. The molecular formula is C16H12Cl2N2O. The van der Waals surface area contributed by atoms with Crippen molar-refractivity contribution in [2.24, 2.45) is 0 Å². The molecular weight excluding hydrogens is 307 g/mol. The molecule has 0 aliphatic heterocycles. The van der Waals surface area contributed by atoms with Gasteiger partial charge in [-0.05, 0) is 24.6 Å². The quantitative estimate of drug-likeness (QED) is 0.706. The molecule has 106 valence electrons. The summed E-state index contributed by atoms with van der Waals surface area (Å²) in [6, 6.07) is 13.3. The first-order chi connectivity index (χ1) is 10.1. The van der Waals surface area contributed by atoms with Crippen LogP contribution in [0.4, 0.5) is 5.82 Å². The molecule has 0 atom stereocenters. The van der Waals surface area contributed by atoms with E-state index in [2.05, 4.69) is 5.16 Å². The van der Waals surface area contributed by atoms with Crippen LogP contribution in [0.2, 0.25) is 10.0 Å². The van der Waals surface area contributed by atoms with Gasteiger partial charge in [0.15, 0.2) is 11.6 Å². The number of anilines is 1. The molecule has 2 N–H and O–H groups in total. The molecule has 3 aromatic rings. The van der Waals surface area contributed by atoms with Crippen LogP contribution in [0.25, 0.3) is 22.5 Å². The molecule has 21 heavy (non-hydrogen) atoms. The summed E-state index contributed by atoms with van der Waals surface area (Å²) in [5, 5.41) is 4.74. The monoisotopic (exact) mass is 318 g/mol. The summed E-state index contributed by atoms with van der Waals surface area (Å²) >= 11 is 12.3. The van der Waals surface area contributed by atoms with Gasteiger partial charge in [0, 0.05) is 5.56 Å². The molecule has 0 unspecified atom stereocenters. The Hall–Kier alpha value is -1.97. The number of halogens is 2. The maximum Gasteiger partial charge on any atom is 0.178 e. The van der Waals surface area contributed by atoms with E-state index in [1.807, 2.05) is 37.3 Å². The standard InChI is InChI=1S/C16H12Cl2N2O/c1-9-5-7-10(8-6-9)13-15(21-20-16(13)19)11-3-2-4-12(17)14(11)18/h2-8H,1H3,(H2,19,20). The van der Waals surface area contributed by atoms with Crippen LogP contribution in [-0.4, -0.2) is 5.16 Å². The number of benzene rings is 2. The smallest absolute Gasteiger partial charge is 0.178 e. The van der Waals surface area contributed by atoms with Crippen molar-refractivity contribution in [1.82, 2.24) is 5.16 Å². The zero-order chi connectivity index (χ0) is 15.0. The van der Waals surface area contributed by atoms with Gasteiger partial charge in [-0.15, -0.1) is 0 Å². The molecule has 1 heterocycles. The highest BCUT2D eigenvalue weighted by atomic mass is 35.5. The number of rotatable bonds is 2. The van der Waals surface area contributed by atoms with Gasteiger partial charge in [-0.2, -0.15) is 0 Å². The summed E-state index contributed by atoms with van der Waals surface area (Å²) in [5.74, 6) is 0.841. The Kier molecular flexibility index (Phi) is 3.62. The zero-order valence-corrected chi connectivity index (χ0v) is 12.7. The van der Waals surface area contributed by atoms with Crippen LogP contribution in [0.1, 0.15) is 5.56 Å². The molecule has 0 aliphatic rings. The Labute approximate surface area is 132 Å². The molecule has 1 aromatic heterocycles. The van der Waals surface area contributed by atoms with Gasteiger partial charge in [-0.3, -0.25) is 0 Å². The number of nitrogens with two attached hydrogens (primary N) is 1. The lowest BCUT2D eigenvalue weighted by Crippen LogP contribution is -1.89. The highest BCUT2D eigenvalue weighted by molar-refractivity contribution is 6.43. The first kappa shape index (κ1) is 14.0. The minimum absolute atomic E-state index is 0.324. The van der Waals surface area contributed by atoms with Gasteiger partial charge in [0.25, 0.3) is 0 Å². The maximum atomic E-state index is 6.26. The van der Waals surface area contributed by atoms with E-state index in [1.54, 1.807) is 12.1 Å². The minimum atomic E-state index is 0.324. The van der Waals surface area contributed by atoms with E-state index in [-0.39, 0.29) is 0 Å². The predicted molar refractivity (Wildman–Crippen MR) is 86.5 cm³/mol. The van der Waals surface area contributed by atoms with E-state index in [4.69, 9.17) is 33.5 Å². The first-order valence-corrected chi connectivity index (χ1v) is 7.10. The van der Waals surface area contributed by atoms with E-state index in [1.165, 1.54) is 0 Å².